The highest BCUT2D eigenvalue weighted by atomic mass is 16.5. The lowest BCUT2D eigenvalue weighted by Crippen LogP contribution is -2.60. The number of benzene rings is 1. The summed E-state index contributed by atoms with van der Waals surface area (Å²) in [5, 5.41) is 0. The third-order valence-electron chi connectivity index (χ3n) is 4.69. The molecule has 1 aliphatic rings. The van der Waals surface area contributed by atoms with Crippen molar-refractivity contribution in [2.45, 2.75) is 57.7 Å². The van der Waals surface area contributed by atoms with E-state index in [0.29, 0.717) is 11.3 Å². The van der Waals surface area contributed by atoms with E-state index in [0.717, 1.165) is 12.8 Å². The number of anilines is 1. The van der Waals surface area contributed by atoms with E-state index in [4.69, 9.17) is 10.5 Å². The summed E-state index contributed by atoms with van der Waals surface area (Å²) in [4.78, 5) is 14.6. The molecule has 4 nitrogen and oxygen atoms in total. The van der Waals surface area contributed by atoms with Gasteiger partial charge in [0.25, 0.3) is 0 Å². The number of esters is 1. The van der Waals surface area contributed by atoms with Gasteiger partial charge in [-0.05, 0) is 59.0 Å². The number of nitrogens with two attached hydrogens (primary N) is 1. The van der Waals surface area contributed by atoms with Crippen molar-refractivity contribution >= 4 is 11.7 Å². The van der Waals surface area contributed by atoms with Crippen molar-refractivity contribution in [3.05, 3.63) is 29.8 Å². The minimum atomic E-state index is -0.267. The molecule has 0 spiro atoms. The van der Waals surface area contributed by atoms with E-state index < -0.39 is 0 Å². The Hall–Kier alpha value is -1.55. The van der Waals surface area contributed by atoms with Gasteiger partial charge in [-0.25, -0.2) is 4.79 Å². The lowest BCUT2D eigenvalue weighted by atomic mass is 9.79. The fraction of sp³-hybridized carbons (Fsp3) is 0.588. The number of hydrogen-bond acceptors (Lipinski definition) is 4. The quantitative estimate of drug-likeness (QED) is 0.672. The van der Waals surface area contributed by atoms with Gasteiger partial charge in [0.2, 0.25) is 0 Å². The van der Waals surface area contributed by atoms with Crippen molar-refractivity contribution in [3.8, 4) is 0 Å². The maximum Gasteiger partial charge on any atom is 0.338 e. The van der Waals surface area contributed by atoms with Gasteiger partial charge in [0.15, 0.2) is 0 Å². The Balaban J connectivity index is 2.09. The highest BCUT2D eigenvalue weighted by molar-refractivity contribution is 5.89. The van der Waals surface area contributed by atoms with E-state index in [1.807, 2.05) is 0 Å². The molecule has 1 fully saturated rings. The Morgan fingerprint density at radius 3 is 2.10 bits per heavy atom. The summed E-state index contributed by atoms with van der Waals surface area (Å²) in [7, 11) is 2.14. The maximum atomic E-state index is 12.3. The second kappa shape index (κ2) is 5.34. The molecule has 1 aromatic carbocycles. The van der Waals surface area contributed by atoms with Crippen molar-refractivity contribution in [3.63, 3.8) is 0 Å². The summed E-state index contributed by atoms with van der Waals surface area (Å²) < 4.78 is 5.73. The Labute approximate surface area is 127 Å². The van der Waals surface area contributed by atoms with Gasteiger partial charge in [0.05, 0.1) is 5.56 Å². The Morgan fingerprint density at radius 1 is 1.14 bits per heavy atom. The molecule has 1 heterocycles. The smallest absolute Gasteiger partial charge is 0.338 e. The van der Waals surface area contributed by atoms with E-state index in [1.165, 1.54) is 0 Å². The van der Waals surface area contributed by atoms with Crippen LogP contribution in [0.2, 0.25) is 0 Å². The molecular weight excluding hydrogens is 264 g/mol. The molecule has 0 aromatic heterocycles. The predicted octanol–water partition coefficient (Wildman–Crippen LogP) is 3.08. The number of likely N-dealkylation sites (tertiary alicyclic amines) is 1. The molecule has 1 aromatic rings. The minimum absolute atomic E-state index is 0.00775. The van der Waals surface area contributed by atoms with Gasteiger partial charge in [-0.2, -0.15) is 0 Å². The molecule has 0 atom stereocenters. The van der Waals surface area contributed by atoms with Crippen molar-refractivity contribution in [2.75, 3.05) is 12.8 Å². The third-order valence-corrected chi connectivity index (χ3v) is 4.69. The fourth-order valence-corrected chi connectivity index (χ4v) is 3.20. The first-order valence-corrected chi connectivity index (χ1v) is 7.42. The number of nitrogen functional groups attached to an aromatic ring is 1. The zero-order valence-electron chi connectivity index (χ0n) is 13.6. The fourth-order valence-electron chi connectivity index (χ4n) is 3.20. The molecule has 2 rings (SSSR count). The number of carbonyl (C=O) groups is 1. The van der Waals surface area contributed by atoms with Crippen LogP contribution in [0.25, 0.3) is 0 Å². The summed E-state index contributed by atoms with van der Waals surface area (Å²) in [6.45, 7) is 8.77. The van der Waals surface area contributed by atoms with Crippen LogP contribution in [0.4, 0.5) is 5.69 Å². The highest BCUT2D eigenvalue weighted by Gasteiger charge is 2.44. The van der Waals surface area contributed by atoms with Gasteiger partial charge in [0, 0.05) is 29.6 Å². The van der Waals surface area contributed by atoms with Crippen molar-refractivity contribution in [2.24, 2.45) is 0 Å². The Bertz CT molecular complexity index is 502. The average Bonchev–Trinajstić information content (AvgIpc) is 2.36. The Kier molecular flexibility index (Phi) is 4.02. The lowest BCUT2D eigenvalue weighted by Gasteiger charge is -2.53. The van der Waals surface area contributed by atoms with E-state index in [2.05, 4.69) is 39.6 Å². The first kappa shape index (κ1) is 15.8. The van der Waals surface area contributed by atoms with Crippen LogP contribution in [0.5, 0.6) is 0 Å². The van der Waals surface area contributed by atoms with Gasteiger partial charge in [-0.3, -0.25) is 4.90 Å². The zero-order valence-corrected chi connectivity index (χ0v) is 13.6. The molecule has 2 N–H and O–H groups in total. The lowest BCUT2D eigenvalue weighted by molar-refractivity contribution is -0.0732. The molecule has 4 heteroatoms. The van der Waals surface area contributed by atoms with Crippen LogP contribution in [0.3, 0.4) is 0 Å². The molecule has 0 saturated carbocycles. The summed E-state index contributed by atoms with van der Waals surface area (Å²) >= 11 is 0. The molecular formula is C17H26N2O2. The first-order chi connectivity index (χ1) is 9.62. The predicted molar refractivity (Wildman–Crippen MR) is 85.2 cm³/mol. The standard InChI is InChI=1S/C17H26N2O2/c1-16(2)10-14(11-17(3,4)19(16)5)21-15(20)12-6-8-13(18)9-7-12/h6-9,14H,10-11,18H2,1-5H3. The van der Waals surface area contributed by atoms with Crippen LogP contribution in [0.15, 0.2) is 24.3 Å². The van der Waals surface area contributed by atoms with Crippen molar-refractivity contribution in [1.29, 1.82) is 0 Å². The second-order valence-corrected chi connectivity index (χ2v) is 7.24. The van der Waals surface area contributed by atoms with Crippen LogP contribution < -0.4 is 5.73 Å². The summed E-state index contributed by atoms with van der Waals surface area (Å²) in [5.41, 5.74) is 6.86. The van der Waals surface area contributed by atoms with Crippen molar-refractivity contribution in [1.82, 2.24) is 4.90 Å². The van der Waals surface area contributed by atoms with E-state index in [-0.39, 0.29) is 23.2 Å². The van der Waals surface area contributed by atoms with Gasteiger partial charge in [0.1, 0.15) is 6.10 Å². The number of rotatable bonds is 2. The highest BCUT2D eigenvalue weighted by Crippen LogP contribution is 2.38. The molecule has 0 amide bonds. The molecule has 1 aliphatic heterocycles. The largest absolute Gasteiger partial charge is 0.459 e. The molecule has 0 unspecified atom stereocenters. The van der Waals surface area contributed by atoms with Crippen molar-refractivity contribution < 1.29 is 9.53 Å². The van der Waals surface area contributed by atoms with Gasteiger partial charge >= 0.3 is 5.97 Å². The number of hydrogen-bond donors (Lipinski definition) is 1. The number of piperidine rings is 1. The third kappa shape index (κ3) is 3.38. The van der Waals surface area contributed by atoms with Crippen LogP contribution >= 0.6 is 0 Å². The zero-order chi connectivity index (χ0) is 15.8. The molecule has 0 radical (unpaired) electrons. The average molecular weight is 290 g/mol. The molecule has 0 aliphatic carbocycles. The van der Waals surface area contributed by atoms with E-state index in [9.17, 15) is 4.79 Å². The topological polar surface area (TPSA) is 55.6 Å². The van der Waals surface area contributed by atoms with Crippen LogP contribution in [-0.2, 0) is 4.74 Å². The summed E-state index contributed by atoms with van der Waals surface area (Å²) in [5.74, 6) is -0.267. The maximum absolute atomic E-state index is 12.3. The SMILES string of the molecule is CN1C(C)(C)CC(OC(=O)c2ccc(N)cc2)CC1(C)C. The molecule has 0 bridgehead atoms. The summed E-state index contributed by atoms with van der Waals surface area (Å²) in [6, 6.07) is 6.87. The van der Waals surface area contributed by atoms with Gasteiger partial charge < -0.3 is 10.5 Å². The van der Waals surface area contributed by atoms with E-state index in [1.54, 1.807) is 24.3 Å². The molecule has 116 valence electrons. The van der Waals surface area contributed by atoms with E-state index >= 15 is 0 Å². The van der Waals surface area contributed by atoms with Gasteiger partial charge in [-0.1, -0.05) is 0 Å². The van der Waals surface area contributed by atoms with Gasteiger partial charge in [-0.15, -0.1) is 0 Å². The number of carbonyl (C=O) groups excluding carboxylic acids is 1. The Morgan fingerprint density at radius 2 is 1.62 bits per heavy atom. The number of nitrogens with zero attached hydrogens (tertiary/aromatic N) is 1. The first-order valence-electron chi connectivity index (χ1n) is 7.42. The monoisotopic (exact) mass is 290 g/mol. The minimum Gasteiger partial charge on any atom is -0.459 e. The second-order valence-electron chi connectivity index (χ2n) is 7.24. The number of ether oxygens (including phenoxy) is 1. The van der Waals surface area contributed by atoms with Crippen LogP contribution in [-0.4, -0.2) is 35.1 Å². The summed E-state index contributed by atoms with van der Waals surface area (Å²) in [6.07, 6.45) is 1.62. The molecule has 1 saturated heterocycles. The van der Waals surface area contributed by atoms with Crippen LogP contribution in [0, 0.1) is 0 Å². The normalized spacial score (nSPS) is 22.0. The molecule has 21 heavy (non-hydrogen) atoms. The van der Waals surface area contributed by atoms with Crippen LogP contribution in [0.1, 0.15) is 50.9 Å².